The number of amides is 1. The number of thiazole rings is 1. The van der Waals surface area contributed by atoms with E-state index >= 15 is 0 Å². The smallest absolute Gasteiger partial charge is 0.257 e. The van der Waals surface area contributed by atoms with Crippen LogP contribution in [-0.2, 0) is 0 Å². The van der Waals surface area contributed by atoms with E-state index in [9.17, 15) is 4.79 Å². The number of benzene rings is 1. The lowest BCUT2D eigenvalue weighted by Crippen LogP contribution is -2.26. The van der Waals surface area contributed by atoms with E-state index in [1.807, 2.05) is 38.2 Å². The van der Waals surface area contributed by atoms with Crippen molar-refractivity contribution in [1.82, 2.24) is 10.3 Å². The minimum Gasteiger partial charge on any atom is -0.317 e. The molecule has 0 saturated carbocycles. The summed E-state index contributed by atoms with van der Waals surface area (Å²) in [7, 11) is 0. The maximum absolute atomic E-state index is 12.4. The highest BCUT2D eigenvalue weighted by Gasteiger charge is 2.19. The zero-order valence-electron chi connectivity index (χ0n) is 13.0. The van der Waals surface area contributed by atoms with Gasteiger partial charge in [-0.1, -0.05) is 17.7 Å². The largest absolute Gasteiger partial charge is 0.317 e. The third-order valence-corrected chi connectivity index (χ3v) is 5.20. The predicted molar refractivity (Wildman–Crippen MR) is 90.8 cm³/mol. The van der Waals surface area contributed by atoms with Gasteiger partial charge in [0.2, 0.25) is 0 Å². The second-order valence-electron chi connectivity index (χ2n) is 5.86. The molecule has 0 spiro atoms. The molecule has 2 aromatic rings. The summed E-state index contributed by atoms with van der Waals surface area (Å²) in [4.78, 5) is 18.1. The number of hydrogen-bond acceptors (Lipinski definition) is 4. The molecular formula is C17H21N3OS. The lowest BCUT2D eigenvalue weighted by Gasteiger charge is -2.20. The van der Waals surface area contributed by atoms with Gasteiger partial charge in [-0.05, 0) is 57.3 Å². The van der Waals surface area contributed by atoms with E-state index in [0.717, 1.165) is 42.6 Å². The Balaban J connectivity index is 1.71. The molecule has 1 aromatic carbocycles. The first-order valence-electron chi connectivity index (χ1n) is 7.68. The second kappa shape index (κ2) is 6.58. The maximum atomic E-state index is 12.4. The second-order valence-corrected chi connectivity index (χ2v) is 6.93. The summed E-state index contributed by atoms with van der Waals surface area (Å²) in [6.07, 6.45) is 4.21. The minimum atomic E-state index is -0.0765. The Bertz CT molecular complexity index is 674. The zero-order chi connectivity index (χ0) is 15.5. The standard InChI is InChI=1S/C17H21N3OS/c1-11-3-4-12(2)14(9-11)16(21)20-17-19-10-15(22-17)13-5-7-18-8-6-13/h3-4,9-10,13,18H,5-8H2,1-2H3,(H,19,20,21). The van der Waals surface area contributed by atoms with Crippen LogP contribution in [-0.4, -0.2) is 24.0 Å². The number of nitrogens with one attached hydrogen (secondary N) is 2. The summed E-state index contributed by atoms with van der Waals surface area (Å²) in [5.41, 5.74) is 2.79. The summed E-state index contributed by atoms with van der Waals surface area (Å²) in [6.45, 7) is 6.07. The molecule has 0 radical (unpaired) electrons. The molecule has 5 heteroatoms. The summed E-state index contributed by atoms with van der Waals surface area (Å²) >= 11 is 1.60. The van der Waals surface area contributed by atoms with Crippen LogP contribution < -0.4 is 10.6 Å². The Morgan fingerprint density at radius 1 is 1.32 bits per heavy atom. The van der Waals surface area contributed by atoms with Gasteiger partial charge in [-0.25, -0.2) is 4.98 Å². The third-order valence-electron chi connectivity index (χ3n) is 4.12. The molecule has 1 aliphatic rings. The van der Waals surface area contributed by atoms with Gasteiger partial charge in [-0.3, -0.25) is 10.1 Å². The molecule has 0 unspecified atom stereocenters. The third kappa shape index (κ3) is 3.36. The highest BCUT2D eigenvalue weighted by molar-refractivity contribution is 7.15. The lowest BCUT2D eigenvalue weighted by atomic mass is 9.97. The molecule has 1 amide bonds. The van der Waals surface area contributed by atoms with Crippen molar-refractivity contribution in [3.8, 4) is 0 Å². The molecule has 1 aliphatic heterocycles. The Morgan fingerprint density at radius 3 is 2.86 bits per heavy atom. The van der Waals surface area contributed by atoms with E-state index in [-0.39, 0.29) is 5.91 Å². The van der Waals surface area contributed by atoms with E-state index in [2.05, 4.69) is 15.6 Å². The Labute approximate surface area is 135 Å². The van der Waals surface area contributed by atoms with Crippen LogP contribution in [0.5, 0.6) is 0 Å². The number of nitrogens with zero attached hydrogens (tertiary/aromatic N) is 1. The Hall–Kier alpha value is -1.72. The quantitative estimate of drug-likeness (QED) is 0.912. The molecule has 3 rings (SSSR count). The van der Waals surface area contributed by atoms with Crippen molar-refractivity contribution < 1.29 is 4.79 Å². The summed E-state index contributed by atoms with van der Waals surface area (Å²) in [6, 6.07) is 5.92. The molecular weight excluding hydrogens is 294 g/mol. The van der Waals surface area contributed by atoms with Crippen LogP contribution in [0, 0.1) is 13.8 Å². The molecule has 1 aromatic heterocycles. The van der Waals surface area contributed by atoms with Crippen molar-refractivity contribution in [2.75, 3.05) is 18.4 Å². The van der Waals surface area contributed by atoms with Crippen LogP contribution in [0.1, 0.15) is 45.1 Å². The van der Waals surface area contributed by atoms with Crippen molar-refractivity contribution in [2.24, 2.45) is 0 Å². The van der Waals surface area contributed by atoms with Gasteiger partial charge in [0.15, 0.2) is 5.13 Å². The number of aromatic nitrogens is 1. The van der Waals surface area contributed by atoms with Gasteiger partial charge in [-0.2, -0.15) is 0 Å². The van der Waals surface area contributed by atoms with Crippen molar-refractivity contribution in [1.29, 1.82) is 0 Å². The van der Waals surface area contributed by atoms with E-state index < -0.39 is 0 Å². The lowest BCUT2D eigenvalue weighted by molar-refractivity contribution is 0.102. The highest BCUT2D eigenvalue weighted by atomic mass is 32.1. The monoisotopic (exact) mass is 315 g/mol. The number of piperidine rings is 1. The molecule has 0 aliphatic carbocycles. The minimum absolute atomic E-state index is 0.0765. The Morgan fingerprint density at radius 2 is 2.09 bits per heavy atom. The van der Waals surface area contributed by atoms with Crippen molar-refractivity contribution >= 4 is 22.4 Å². The first-order valence-corrected chi connectivity index (χ1v) is 8.50. The average Bonchev–Trinajstić information content (AvgIpc) is 2.99. The van der Waals surface area contributed by atoms with Gasteiger partial charge >= 0.3 is 0 Å². The highest BCUT2D eigenvalue weighted by Crippen LogP contribution is 2.31. The Kier molecular flexibility index (Phi) is 4.55. The number of carbonyl (C=O) groups excluding carboxylic acids is 1. The van der Waals surface area contributed by atoms with Gasteiger partial charge < -0.3 is 5.32 Å². The molecule has 0 atom stereocenters. The zero-order valence-corrected chi connectivity index (χ0v) is 13.8. The number of rotatable bonds is 3. The molecule has 4 nitrogen and oxygen atoms in total. The summed E-state index contributed by atoms with van der Waals surface area (Å²) in [5, 5.41) is 7.00. The molecule has 1 saturated heterocycles. The summed E-state index contributed by atoms with van der Waals surface area (Å²) < 4.78 is 0. The topological polar surface area (TPSA) is 54.0 Å². The van der Waals surface area contributed by atoms with Crippen molar-refractivity contribution in [2.45, 2.75) is 32.6 Å². The molecule has 1 fully saturated rings. The van der Waals surface area contributed by atoms with Crippen molar-refractivity contribution in [3.63, 3.8) is 0 Å². The van der Waals surface area contributed by atoms with Crippen molar-refractivity contribution in [3.05, 3.63) is 46.0 Å². The van der Waals surface area contributed by atoms with Crippen LogP contribution in [0.4, 0.5) is 5.13 Å². The molecule has 0 bridgehead atoms. The molecule has 116 valence electrons. The van der Waals surface area contributed by atoms with Crippen LogP contribution in [0.3, 0.4) is 0 Å². The first kappa shape index (κ1) is 15.2. The van der Waals surface area contributed by atoms with Gasteiger partial charge in [0.25, 0.3) is 5.91 Å². The molecule has 2 N–H and O–H groups in total. The predicted octanol–water partition coefficient (Wildman–Crippen LogP) is 3.48. The van der Waals surface area contributed by atoms with Gasteiger partial charge in [-0.15, -0.1) is 11.3 Å². The van der Waals surface area contributed by atoms with Crippen LogP contribution in [0.2, 0.25) is 0 Å². The van der Waals surface area contributed by atoms with Gasteiger partial charge in [0.05, 0.1) is 0 Å². The number of hydrogen-bond donors (Lipinski definition) is 2. The van der Waals surface area contributed by atoms with E-state index in [1.165, 1.54) is 4.88 Å². The van der Waals surface area contributed by atoms with Gasteiger partial charge in [0, 0.05) is 16.6 Å². The molecule has 2 heterocycles. The number of carbonyl (C=O) groups is 1. The average molecular weight is 315 g/mol. The van der Waals surface area contributed by atoms with E-state index in [1.54, 1.807) is 11.3 Å². The van der Waals surface area contributed by atoms with Crippen LogP contribution >= 0.6 is 11.3 Å². The van der Waals surface area contributed by atoms with E-state index in [0.29, 0.717) is 11.0 Å². The van der Waals surface area contributed by atoms with Gasteiger partial charge in [0.1, 0.15) is 0 Å². The van der Waals surface area contributed by atoms with Crippen LogP contribution in [0.25, 0.3) is 0 Å². The normalized spacial score (nSPS) is 15.7. The van der Waals surface area contributed by atoms with Crippen LogP contribution in [0.15, 0.2) is 24.4 Å². The fourth-order valence-electron chi connectivity index (χ4n) is 2.78. The number of anilines is 1. The fourth-order valence-corrected chi connectivity index (χ4v) is 3.76. The number of aryl methyl sites for hydroxylation is 2. The fraction of sp³-hybridized carbons (Fsp3) is 0.412. The SMILES string of the molecule is Cc1ccc(C)c(C(=O)Nc2ncc(C3CCNCC3)s2)c1. The maximum Gasteiger partial charge on any atom is 0.257 e. The first-order chi connectivity index (χ1) is 10.6. The summed E-state index contributed by atoms with van der Waals surface area (Å²) in [5.74, 6) is 0.498. The molecule has 22 heavy (non-hydrogen) atoms. The van der Waals surface area contributed by atoms with E-state index in [4.69, 9.17) is 0 Å².